The van der Waals surface area contributed by atoms with Crippen molar-refractivity contribution in [1.29, 1.82) is 0 Å². The lowest BCUT2D eigenvalue weighted by Crippen LogP contribution is -2.37. The zero-order valence-electron chi connectivity index (χ0n) is 12.4. The summed E-state index contributed by atoms with van der Waals surface area (Å²) in [6, 6.07) is 1.70. The first kappa shape index (κ1) is 13.9. The Kier molecular flexibility index (Phi) is 3.21. The van der Waals surface area contributed by atoms with E-state index in [1.807, 2.05) is 6.92 Å². The Labute approximate surface area is 125 Å². The molecule has 0 saturated heterocycles. The fourth-order valence-electron chi connectivity index (χ4n) is 2.26. The van der Waals surface area contributed by atoms with Crippen LogP contribution in [0.5, 0.6) is 0 Å². The Morgan fingerprint density at radius 3 is 2.41 bits per heavy atom. The Bertz CT molecular complexity index is 975. The Hall–Kier alpha value is -3.03. The summed E-state index contributed by atoms with van der Waals surface area (Å²) in [6.45, 7) is 1.82. The summed E-state index contributed by atoms with van der Waals surface area (Å²) < 4.78 is 2.40. The van der Waals surface area contributed by atoms with Crippen LogP contribution in [0.1, 0.15) is 5.56 Å². The molecule has 22 heavy (non-hydrogen) atoms. The van der Waals surface area contributed by atoms with Gasteiger partial charge in [0.15, 0.2) is 5.65 Å². The summed E-state index contributed by atoms with van der Waals surface area (Å²) >= 11 is 0. The zero-order valence-corrected chi connectivity index (χ0v) is 12.4. The van der Waals surface area contributed by atoms with E-state index in [-0.39, 0.29) is 0 Å². The summed E-state index contributed by atoms with van der Waals surface area (Å²) in [5, 5.41) is 3.37. The molecule has 3 aromatic rings. The minimum atomic E-state index is -0.421. The molecule has 3 aromatic heterocycles. The van der Waals surface area contributed by atoms with Crippen molar-refractivity contribution in [3.05, 3.63) is 51.1 Å². The van der Waals surface area contributed by atoms with Crippen molar-refractivity contribution in [2.45, 2.75) is 6.92 Å². The molecule has 112 valence electrons. The molecule has 3 rings (SSSR count). The van der Waals surface area contributed by atoms with Gasteiger partial charge in [-0.1, -0.05) is 0 Å². The number of nitrogens with one attached hydrogen (secondary N) is 1. The predicted molar refractivity (Wildman–Crippen MR) is 82.3 cm³/mol. The highest BCUT2D eigenvalue weighted by molar-refractivity contribution is 5.91. The van der Waals surface area contributed by atoms with Crippen LogP contribution in [0.3, 0.4) is 0 Å². The van der Waals surface area contributed by atoms with Gasteiger partial charge in [-0.25, -0.2) is 19.7 Å². The minimum Gasteiger partial charge on any atom is -0.323 e. The second kappa shape index (κ2) is 5.06. The van der Waals surface area contributed by atoms with Crippen molar-refractivity contribution in [1.82, 2.24) is 24.1 Å². The van der Waals surface area contributed by atoms with Crippen LogP contribution in [0.4, 0.5) is 11.6 Å². The number of anilines is 2. The highest BCUT2D eigenvalue weighted by atomic mass is 16.2. The van der Waals surface area contributed by atoms with E-state index in [0.29, 0.717) is 22.7 Å². The Morgan fingerprint density at radius 2 is 1.73 bits per heavy atom. The smallest absolute Gasteiger partial charge is 0.323 e. The van der Waals surface area contributed by atoms with Crippen molar-refractivity contribution < 1.29 is 0 Å². The summed E-state index contributed by atoms with van der Waals surface area (Å²) in [6.07, 6.45) is 4.80. The molecule has 0 atom stereocenters. The molecule has 0 spiro atoms. The quantitative estimate of drug-likeness (QED) is 0.739. The van der Waals surface area contributed by atoms with Crippen molar-refractivity contribution in [2.24, 2.45) is 14.1 Å². The molecule has 0 aliphatic heterocycles. The van der Waals surface area contributed by atoms with E-state index in [0.717, 1.165) is 10.1 Å². The van der Waals surface area contributed by atoms with E-state index >= 15 is 0 Å². The van der Waals surface area contributed by atoms with Crippen LogP contribution in [-0.4, -0.2) is 24.1 Å². The largest absolute Gasteiger partial charge is 0.332 e. The third kappa shape index (κ3) is 2.05. The third-order valence-electron chi connectivity index (χ3n) is 3.46. The fourth-order valence-corrected chi connectivity index (χ4v) is 2.26. The van der Waals surface area contributed by atoms with E-state index in [2.05, 4.69) is 20.3 Å². The highest BCUT2D eigenvalue weighted by Crippen LogP contribution is 2.23. The summed E-state index contributed by atoms with van der Waals surface area (Å²) in [4.78, 5) is 36.9. The van der Waals surface area contributed by atoms with Crippen LogP contribution in [0.15, 0.2) is 34.2 Å². The molecule has 0 fully saturated rings. The second-order valence-electron chi connectivity index (χ2n) is 4.92. The zero-order chi connectivity index (χ0) is 15.9. The van der Waals surface area contributed by atoms with Crippen molar-refractivity contribution in [3.8, 4) is 0 Å². The topological polar surface area (TPSA) is 94.7 Å². The van der Waals surface area contributed by atoms with E-state index in [1.165, 1.54) is 11.6 Å². The molecule has 8 nitrogen and oxygen atoms in total. The van der Waals surface area contributed by atoms with Gasteiger partial charge >= 0.3 is 5.69 Å². The van der Waals surface area contributed by atoms with Crippen LogP contribution < -0.4 is 16.6 Å². The van der Waals surface area contributed by atoms with Gasteiger partial charge in [-0.05, 0) is 18.6 Å². The number of hydrogen-bond donors (Lipinski definition) is 1. The first-order valence-electron chi connectivity index (χ1n) is 6.60. The molecule has 8 heteroatoms. The van der Waals surface area contributed by atoms with Gasteiger partial charge in [0.2, 0.25) is 5.95 Å². The first-order valence-corrected chi connectivity index (χ1v) is 6.60. The molecular weight excluding hydrogens is 284 g/mol. The maximum atomic E-state index is 12.5. The monoisotopic (exact) mass is 298 g/mol. The van der Waals surface area contributed by atoms with Crippen LogP contribution in [0.2, 0.25) is 0 Å². The Morgan fingerprint density at radius 1 is 1.05 bits per heavy atom. The molecule has 0 unspecified atom stereocenters. The average Bonchev–Trinajstić information content (AvgIpc) is 2.53. The molecule has 0 saturated carbocycles. The predicted octanol–water partition coefficient (Wildman–Crippen LogP) is 0.474. The summed E-state index contributed by atoms with van der Waals surface area (Å²) in [7, 11) is 3.02. The number of pyridine rings is 1. The van der Waals surface area contributed by atoms with E-state index < -0.39 is 11.2 Å². The Balaban J connectivity index is 2.37. The van der Waals surface area contributed by atoms with Gasteiger partial charge in [0, 0.05) is 32.7 Å². The van der Waals surface area contributed by atoms with E-state index in [4.69, 9.17) is 0 Å². The van der Waals surface area contributed by atoms with Crippen LogP contribution >= 0.6 is 0 Å². The molecule has 1 N–H and O–H groups in total. The number of fused-ring (bicyclic) bond motifs is 1. The van der Waals surface area contributed by atoms with Gasteiger partial charge in [0.1, 0.15) is 5.39 Å². The minimum absolute atomic E-state index is 0.317. The van der Waals surface area contributed by atoms with E-state index in [1.54, 1.807) is 31.7 Å². The molecule has 0 bridgehead atoms. The lowest BCUT2D eigenvalue weighted by molar-refractivity contribution is 0.707. The fraction of sp³-hybridized carbons (Fsp3) is 0.214. The van der Waals surface area contributed by atoms with Gasteiger partial charge < -0.3 is 5.32 Å². The van der Waals surface area contributed by atoms with Crippen molar-refractivity contribution in [3.63, 3.8) is 0 Å². The number of rotatable bonds is 2. The van der Waals surface area contributed by atoms with Crippen molar-refractivity contribution in [2.75, 3.05) is 5.32 Å². The first-order chi connectivity index (χ1) is 10.5. The number of aromatic nitrogens is 5. The van der Waals surface area contributed by atoms with Crippen LogP contribution in [-0.2, 0) is 14.1 Å². The van der Waals surface area contributed by atoms with Gasteiger partial charge in [-0.3, -0.25) is 13.9 Å². The molecule has 0 aromatic carbocycles. The van der Waals surface area contributed by atoms with Gasteiger partial charge in [-0.2, -0.15) is 0 Å². The van der Waals surface area contributed by atoms with Crippen LogP contribution in [0.25, 0.3) is 11.0 Å². The lowest BCUT2D eigenvalue weighted by atomic mass is 10.2. The summed E-state index contributed by atoms with van der Waals surface area (Å²) in [5.74, 6) is 0.369. The van der Waals surface area contributed by atoms with Gasteiger partial charge in [0.25, 0.3) is 5.56 Å². The normalized spacial score (nSPS) is 10.9. The van der Waals surface area contributed by atoms with Crippen molar-refractivity contribution >= 4 is 22.7 Å². The molecule has 0 amide bonds. The molecule has 0 aliphatic carbocycles. The molecule has 0 radical (unpaired) electrons. The van der Waals surface area contributed by atoms with Gasteiger partial charge in [0.05, 0.1) is 5.69 Å². The molecule has 0 aliphatic rings. The SMILES string of the molecule is Cc1cnc2c(c1Nc1ncccn1)c(=O)n(C)c(=O)n2C. The number of aryl methyl sites for hydroxylation is 2. The molecule has 3 heterocycles. The van der Waals surface area contributed by atoms with E-state index in [9.17, 15) is 9.59 Å². The standard InChI is InChI=1S/C14H14N6O2/c1-8-7-17-11-9(12(21)20(3)14(22)19(11)2)10(8)18-13-15-5-4-6-16-13/h4-7H,1-3H3,(H,15,16,17,18). The second-order valence-corrected chi connectivity index (χ2v) is 4.92. The van der Waals surface area contributed by atoms with Gasteiger partial charge in [-0.15, -0.1) is 0 Å². The molecular formula is C14H14N6O2. The van der Waals surface area contributed by atoms with Crippen LogP contribution in [0, 0.1) is 6.92 Å². The highest BCUT2D eigenvalue weighted by Gasteiger charge is 2.16. The maximum Gasteiger partial charge on any atom is 0.332 e. The maximum absolute atomic E-state index is 12.5. The average molecular weight is 298 g/mol. The number of hydrogen-bond acceptors (Lipinski definition) is 6. The number of nitrogens with zero attached hydrogens (tertiary/aromatic N) is 5. The third-order valence-corrected chi connectivity index (χ3v) is 3.46. The lowest BCUT2D eigenvalue weighted by Gasteiger charge is -2.13. The summed E-state index contributed by atoms with van der Waals surface area (Å²) in [5.41, 5.74) is 0.795.